The predicted octanol–water partition coefficient (Wildman–Crippen LogP) is 4.42. The zero-order valence-electron chi connectivity index (χ0n) is 18.0. The molecule has 0 saturated carbocycles. The van der Waals surface area contributed by atoms with Crippen molar-refractivity contribution in [2.75, 3.05) is 30.7 Å². The molecule has 2 aromatic heterocycles. The standard InChI is InChI=1S/C19H19N5O.C5H11N/c1-3-5-15-18(21)16(12-20)17-10-11-22-24(17)19(15)23-13-6-8-14(9-7-13)25-4-2;1-2-4-6-5-3-1/h3,6-11,23H,1,4-5,21H2,2H3;6H,1-5H2. The Bertz CT molecular complexity index is 1030. The summed E-state index contributed by atoms with van der Waals surface area (Å²) in [6, 6.07) is 11.6. The molecule has 4 N–H and O–H groups in total. The molecule has 0 amide bonds. The molecule has 1 saturated heterocycles. The van der Waals surface area contributed by atoms with E-state index < -0.39 is 0 Å². The van der Waals surface area contributed by atoms with E-state index in [0.29, 0.717) is 29.8 Å². The minimum absolute atomic E-state index is 0.423. The molecule has 1 aromatic carbocycles. The lowest BCUT2D eigenvalue weighted by Gasteiger charge is -2.17. The van der Waals surface area contributed by atoms with Gasteiger partial charge in [0.15, 0.2) is 0 Å². The van der Waals surface area contributed by atoms with Gasteiger partial charge in [0.05, 0.1) is 24.0 Å². The molecule has 0 spiro atoms. The average molecular weight is 419 g/mol. The summed E-state index contributed by atoms with van der Waals surface area (Å²) < 4.78 is 7.16. The number of nitriles is 1. The maximum atomic E-state index is 9.46. The van der Waals surface area contributed by atoms with Crippen LogP contribution in [0.5, 0.6) is 5.75 Å². The molecule has 7 heteroatoms. The fourth-order valence-electron chi connectivity index (χ4n) is 3.55. The first-order valence-corrected chi connectivity index (χ1v) is 10.7. The number of nitrogens with zero attached hydrogens (tertiary/aromatic N) is 3. The second-order valence-corrected chi connectivity index (χ2v) is 7.24. The van der Waals surface area contributed by atoms with Gasteiger partial charge in [-0.15, -0.1) is 6.58 Å². The number of nitrogens with one attached hydrogen (secondary N) is 2. The van der Waals surface area contributed by atoms with Crippen LogP contribution in [0.15, 0.2) is 49.2 Å². The first kappa shape index (κ1) is 22.2. The second-order valence-electron chi connectivity index (χ2n) is 7.24. The Labute approximate surface area is 183 Å². The Hall–Kier alpha value is -3.50. The van der Waals surface area contributed by atoms with Crippen LogP contribution in [0, 0.1) is 11.3 Å². The molecule has 3 heterocycles. The van der Waals surface area contributed by atoms with Crippen molar-refractivity contribution in [2.24, 2.45) is 0 Å². The molecule has 3 aromatic rings. The van der Waals surface area contributed by atoms with E-state index in [1.807, 2.05) is 31.2 Å². The molecule has 0 atom stereocenters. The summed E-state index contributed by atoms with van der Waals surface area (Å²) in [5, 5.41) is 20.4. The Kier molecular flexibility index (Phi) is 7.91. The Balaban J connectivity index is 0.000000391. The van der Waals surface area contributed by atoms with E-state index in [2.05, 4.69) is 28.4 Å². The topological polar surface area (TPSA) is 100 Å². The highest BCUT2D eigenvalue weighted by molar-refractivity contribution is 5.81. The van der Waals surface area contributed by atoms with Gasteiger partial charge in [0, 0.05) is 11.3 Å². The third kappa shape index (κ3) is 5.36. The van der Waals surface area contributed by atoms with Gasteiger partial charge >= 0.3 is 0 Å². The molecule has 4 rings (SSSR count). The summed E-state index contributed by atoms with van der Waals surface area (Å²) in [5.74, 6) is 1.53. The number of anilines is 3. The van der Waals surface area contributed by atoms with Crippen molar-refractivity contribution in [3.8, 4) is 11.8 Å². The molecular weight excluding hydrogens is 388 g/mol. The van der Waals surface area contributed by atoms with Gasteiger partial charge in [-0.2, -0.15) is 10.4 Å². The molecule has 162 valence electrons. The van der Waals surface area contributed by atoms with E-state index in [9.17, 15) is 5.26 Å². The maximum absolute atomic E-state index is 9.46. The number of nitrogens with two attached hydrogens (primary N) is 1. The van der Waals surface area contributed by atoms with Crippen LogP contribution in [0.3, 0.4) is 0 Å². The number of fused-ring (bicyclic) bond motifs is 1. The summed E-state index contributed by atoms with van der Waals surface area (Å²) in [6.07, 6.45) is 8.14. The quantitative estimate of drug-likeness (QED) is 0.513. The minimum atomic E-state index is 0.423. The molecule has 7 nitrogen and oxygen atoms in total. The van der Waals surface area contributed by atoms with Crippen molar-refractivity contribution in [3.05, 3.63) is 60.3 Å². The van der Waals surface area contributed by atoms with E-state index in [1.165, 1.54) is 32.4 Å². The SMILES string of the molecule is C1CCNCC1.C=CCc1c(N)c(C#N)c2ccnn2c1Nc1ccc(OCC)cc1. The first-order chi connectivity index (χ1) is 15.2. The number of allylic oxidation sites excluding steroid dienone is 1. The Morgan fingerprint density at radius 3 is 2.55 bits per heavy atom. The van der Waals surface area contributed by atoms with Crippen molar-refractivity contribution >= 4 is 22.7 Å². The number of hydrogen-bond donors (Lipinski definition) is 3. The molecule has 1 aliphatic rings. The Morgan fingerprint density at radius 1 is 1.26 bits per heavy atom. The predicted molar refractivity (Wildman–Crippen MR) is 126 cm³/mol. The average Bonchev–Trinajstić information content (AvgIpc) is 3.29. The number of pyridine rings is 1. The third-order valence-corrected chi connectivity index (χ3v) is 5.09. The number of benzene rings is 1. The number of ether oxygens (including phenoxy) is 1. The highest BCUT2D eigenvalue weighted by Gasteiger charge is 2.18. The molecule has 31 heavy (non-hydrogen) atoms. The molecule has 1 aliphatic heterocycles. The van der Waals surface area contributed by atoms with E-state index >= 15 is 0 Å². The number of aromatic nitrogens is 2. The minimum Gasteiger partial charge on any atom is -0.494 e. The molecule has 0 radical (unpaired) electrons. The van der Waals surface area contributed by atoms with Crippen molar-refractivity contribution < 1.29 is 4.74 Å². The fraction of sp³-hybridized carbons (Fsp3) is 0.333. The zero-order chi connectivity index (χ0) is 22.1. The summed E-state index contributed by atoms with van der Waals surface area (Å²) in [7, 11) is 0. The highest BCUT2D eigenvalue weighted by atomic mass is 16.5. The first-order valence-electron chi connectivity index (χ1n) is 10.7. The maximum Gasteiger partial charge on any atom is 0.138 e. The fourth-order valence-corrected chi connectivity index (χ4v) is 3.55. The third-order valence-electron chi connectivity index (χ3n) is 5.09. The van der Waals surface area contributed by atoms with Gasteiger partial charge in [0.25, 0.3) is 0 Å². The van der Waals surface area contributed by atoms with Gasteiger partial charge in [-0.25, -0.2) is 4.52 Å². The molecule has 0 aliphatic carbocycles. The van der Waals surface area contributed by atoms with Crippen LogP contribution in [-0.4, -0.2) is 29.3 Å². The van der Waals surface area contributed by atoms with Gasteiger partial charge in [-0.3, -0.25) is 0 Å². The van der Waals surface area contributed by atoms with Crippen LogP contribution >= 0.6 is 0 Å². The van der Waals surface area contributed by atoms with Crippen LogP contribution in [0.2, 0.25) is 0 Å². The van der Waals surface area contributed by atoms with E-state index in [-0.39, 0.29) is 0 Å². The van der Waals surface area contributed by atoms with Gasteiger partial charge in [0.1, 0.15) is 23.2 Å². The van der Waals surface area contributed by atoms with E-state index in [4.69, 9.17) is 10.5 Å². The number of piperidine rings is 1. The van der Waals surface area contributed by atoms with Crippen LogP contribution in [-0.2, 0) is 6.42 Å². The zero-order valence-corrected chi connectivity index (χ0v) is 18.0. The van der Waals surface area contributed by atoms with Gasteiger partial charge in [0.2, 0.25) is 0 Å². The van der Waals surface area contributed by atoms with Crippen LogP contribution < -0.4 is 21.1 Å². The number of rotatable bonds is 6. The van der Waals surface area contributed by atoms with Crippen molar-refractivity contribution in [1.29, 1.82) is 5.26 Å². The summed E-state index contributed by atoms with van der Waals surface area (Å²) >= 11 is 0. The summed E-state index contributed by atoms with van der Waals surface area (Å²) in [6.45, 7) is 8.86. The molecule has 0 unspecified atom stereocenters. The van der Waals surface area contributed by atoms with Crippen LogP contribution in [0.1, 0.15) is 37.3 Å². The highest BCUT2D eigenvalue weighted by Crippen LogP contribution is 2.32. The lowest BCUT2D eigenvalue weighted by Crippen LogP contribution is -2.21. The van der Waals surface area contributed by atoms with Crippen LogP contribution in [0.4, 0.5) is 17.2 Å². The number of nitrogen functional groups attached to an aromatic ring is 1. The number of hydrogen-bond acceptors (Lipinski definition) is 6. The smallest absolute Gasteiger partial charge is 0.138 e. The molecular formula is C24H30N6O. The van der Waals surface area contributed by atoms with Gasteiger partial charge in [-0.05, 0) is 69.6 Å². The monoisotopic (exact) mass is 418 g/mol. The molecule has 1 fully saturated rings. The molecule has 0 bridgehead atoms. The van der Waals surface area contributed by atoms with Crippen LogP contribution in [0.25, 0.3) is 5.52 Å². The van der Waals surface area contributed by atoms with E-state index in [0.717, 1.165) is 22.8 Å². The van der Waals surface area contributed by atoms with Crippen molar-refractivity contribution in [1.82, 2.24) is 14.9 Å². The summed E-state index contributed by atoms with van der Waals surface area (Å²) in [5.41, 5.74) is 9.45. The Morgan fingerprint density at radius 2 is 2.00 bits per heavy atom. The largest absolute Gasteiger partial charge is 0.494 e. The second kappa shape index (κ2) is 11.0. The van der Waals surface area contributed by atoms with E-state index in [1.54, 1.807) is 22.9 Å². The lowest BCUT2D eigenvalue weighted by atomic mass is 10.1. The van der Waals surface area contributed by atoms with Crippen molar-refractivity contribution in [3.63, 3.8) is 0 Å². The van der Waals surface area contributed by atoms with Gasteiger partial charge < -0.3 is 21.1 Å². The normalized spacial score (nSPS) is 13.0. The lowest BCUT2D eigenvalue weighted by molar-refractivity contribution is 0.340. The van der Waals surface area contributed by atoms with Gasteiger partial charge in [-0.1, -0.05) is 12.5 Å². The summed E-state index contributed by atoms with van der Waals surface area (Å²) in [4.78, 5) is 0. The van der Waals surface area contributed by atoms with Crippen molar-refractivity contribution in [2.45, 2.75) is 32.6 Å².